The summed E-state index contributed by atoms with van der Waals surface area (Å²) >= 11 is 0. The summed E-state index contributed by atoms with van der Waals surface area (Å²) in [4.78, 5) is 34.8. The first-order chi connectivity index (χ1) is 14.6. The summed E-state index contributed by atoms with van der Waals surface area (Å²) < 4.78 is 25.0. The minimum absolute atomic E-state index is 0.0109. The number of amides is 1. The molecule has 7 nitrogen and oxygen atoms in total. The first-order valence-electron chi connectivity index (χ1n) is 9.92. The number of rotatable bonds is 4. The van der Waals surface area contributed by atoms with Crippen molar-refractivity contribution in [2.45, 2.75) is 6.04 Å². The number of fused-ring (bicyclic) bond motifs is 2. The molecular formula is C22H20FN3O4. The number of ether oxygens (including phenoxy) is 1. The van der Waals surface area contributed by atoms with Crippen molar-refractivity contribution in [1.82, 2.24) is 14.8 Å². The van der Waals surface area contributed by atoms with Crippen LogP contribution >= 0.6 is 0 Å². The number of carbonyl (C=O) groups excluding carboxylic acids is 1. The van der Waals surface area contributed by atoms with E-state index in [1.54, 1.807) is 23.2 Å². The Morgan fingerprint density at radius 2 is 1.93 bits per heavy atom. The fourth-order valence-corrected chi connectivity index (χ4v) is 4.14. The van der Waals surface area contributed by atoms with Crippen LogP contribution in [0.2, 0.25) is 0 Å². The van der Waals surface area contributed by atoms with E-state index in [9.17, 15) is 14.0 Å². The number of nitrogens with zero attached hydrogens (tertiary/aromatic N) is 3. The predicted octanol–water partition coefficient (Wildman–Crippen LogP) is 2.20. The van der Waals surface area contributed by atoms with Gasteiger partial charge in [-0.05, 0) is 30.3 Å². The Kier molecular flexibility index (Phi) is 4.80. The van der Waals surface area contributed by atoms with Crippen molar-refractivity contribution < 1.29 is 18.3 Å². The number of hydrogen-bond donors (Lipinski definition) is 0. The van der Waals surface area contributed by atoms with Gasteiger partial charge in [0, 0.05) is 32.4 Å². The zero-order valence-electron chi connectivity index (χ0n) is 16.2. The van der Waals surface area contributed by atoms with Crippen LogP contribution < -0.4 is 5.43 Å². The lowest BCUT2D eigenvalue weighted by molar-refractivity contribution is 0.0314. The molecule has 1 atom stereocenters. The SMILES string of the molecule is O=C1c2oc3ccc(F)cc3c(=O)c2[C@@H](c2ccccn2)N1CCN1CCOCC1. The van der Waals surface area contributed by atoms with Crippen LogP contribution in [-0.2, 0) is 4.74 Å². The quantitative estimate of drug-likeness (QED) is 0.658. The van der Waals surface area contributed by atoms with E-state index >= 15 is 0 Å². The van der Waals surface area contributed by atoms with Gasteiger partial charge in [-0.15, -0.1) is 0 Å². The van der Waals surface area contributed by atoms with Crippen molar-refractivity contribution in [3.8, 4) is 0 Å². The lowest BCUT2D eigenvalue weighted by Crippen LogP contribution is -2.42. The van der Waals surface area contributed by atoms with Crippen LogP contribution in [0.4, 0.5) is 4.39 Å². The van der Waals surface area contributed by atoms with Crippen molar-refractivity contribution in [2.24, 2.45) is 0 Å². The van der Waals surface area contributed by atoms with Gasteiger partial charge in [-0.3, -0.25) is 19.5 Å². The second kappa shape index (κ2) is 7.62. The van der Waals surface area contributed by atoms with E-state index in [0.29, 0.717) is 32.0 Å². The van der Waals surface area contributed by atoms with Gasteiger partial charge in [0.05, 0.1) is 29.9 Å². The maximum Gasteiger partial charge on any atom is 0.291 e. The van der Waals surface area contributed by atoms with Gasteiger partial charge in [-0.2, -0.15) is 0 Å². The number of morpholine rings is 1. The average molecular weight is 409 g/mol. The number of hydrogen-bond acceptors (Lipinski definition) is 6. The van der Waals surface area contributed by atoms with E-state index in [-0.39, 0.29) is 28.2 Å². The van der Waals surface area contributed by atoms with E-state index < -0.39 is 17.3 Å². The Bertz CT molecular complexity index is 1160. The third-order valence-corrected chi connectivity index (χ3v) is 5.66. The summed E-state index contributed by atoms with van der Waals surface area (Å²) in [7, 11) is 0. The molecule has 1 fully saturated rings. The number of benzene rings is 1. The molecule has 5 rings (SSSR count). The standard InChI is InChI=1S/C22H20FN3O4/c23-14-4-5-17-15(13-14)20(27)18-19(16-3-1-2-6-24-16)26(22(28)21(18)30-17)8-7-25-9-11-29-12-10-25/h1-6,13,19H,7-12H2/t19-/m1/s1. The molecule has 0 saturated carbocycles. The summed E-state index contributed by atoms with van der Waals surface area (Å²) in [5.74, 6) is -0.869. The maximum absolute atomic E-state index is 13.8. The average Bonchev–Trinajstić information content (AvgIpc) is 3.06. The summed E-state index contributed by atoms with van der Waals surface area (Å²) in [5.41, 5.74) is 0.598. The molecule has 8 heteroatoms. The molecular weight excluding hydrogens is 389 g/mol. The lowest BCUT2D eigenvalue weighted by atomic mass is 10.0. The maximum atomic E-state index is 13.8. The molecule has 0 spiro atoms. The fraction of sp³-hybridized carbons (Fsp3) is 0.318. The molecule has 0 N–H and O–H groups in total. The third-order valence-electron chi connectivity index (χ3n) is 5.66. The molecule has 0 radical (unpaired) electrons. The van der Waals surface area contributed by atoms with Gasteiger partial charge in [0.25, 0.3) is 5.91 Å². The van der Waals surface area contributed by atoms with Crippen molar-refractivity contribution in [3.05, 3.63) is 75.7 Å². The monoisotopic (exact) mass is 409 g/mol. The summed E-state index contributed by atoms with van der Waals surface area (Å²) in [6, 6.07) is 8.45. The molecule has 1 amide bonds. The van der Waals surface area contributed by atoms with Gasteiger partial charge in [0.1, 0.15) is 17.4 Å². The van der Waals surface area contributed by atoms with Crippen molar-refractivity contribution in [2.75, 3.05) is 39.4 Å². The Labute approximate surface area is 171 Å². The molecule has 2 aliphatic rings. The molecule has 2 aliphatic heterocycles. The zero-order chi connectivity index (χ0) is 20.7. The van der Waals surface area contributed by atoms with Gasteiger partial charge < -0.3 is 14.1 Å². The molecule has 1 saturated heterocycles. The van der Waals surface area contributed by atoms with E-state index in [2.05, 4.69) is 9.88 Å². The number of pyridine rings is 1. The Balaban J connectivity index is 1.60. The molecule has 1 aromatic carbocycles. The highest BCUT2D eigenvalue weighted by Crippen LogP contribution is 2.37. The van der Waals surface area contributed by atoms with Gasteiger partial charge in [-0.1, -0.05) is 6.07 Å². The Morgan fingerprint density at radius 1 is 1.10 bits per heavy atom. The number of aromatic nitrogens is 1. The van der Waals surface area contributed by atoms with Crippen molar-refractivity contribution >= 4 is 16.9 Å². The highest BCUT2D eigenvalue weighted by atomic mass is 19.1. The summed E-state index contributed by atoms with van der Waals surface area (Å²) in [5, 5.41) is 0.123. The normalized spacial score (nSPS) is 19.4. The van der Waals surface area contributed by atoms with Crippen LogP contribution in [0, 0.1) is 5.82 Å². The van der Waals surface area contributed by atoms with E-state index in [0.717, 1.165) is 19.2 Å². The second-order valence-corrected chi connectivity index (χ2v) is 7.42. The molecule has 3 aromatic rings. The molecule has 0 bridgehead atoms. The number of carbonyl (C=O) groups is 1. The van der Waals surface area contributed by atoms with Crippen LogP contribution in [-0.4, -0.2) is 60.1 Å². The second-order valence-electron chi connectivity index (χ2n) is 7.42. The first-order valence-corrected chi connectivity index (χ1v) is 9.92. The van der Waals surface area contributed by atoms with Crippen molar-refractivity contribution in [1.29, 1.82) is 0 Å². The molecule has 0 unspecified atom stereocenters. The van der Waals surface area contributed by atoms with E-state index in [4.69, 9.17) is 9.15 Å². The predicted molar refractivity (Wildman–Crippen MR) is 107 cm³/mol. The third kappa shape index (κ3) is 3.18. The van der Waals surface area contributed by atoms with E-state index in [1.165, 1.54) is 12.1 Å². The highest BCUT2D eigenvalue weighted by molar-refractivity contribution is 5.99. The summed E-state index contributed by atoms with van der Waals surface area (Å²) in [6.45, 7) is 3.97. The van der Waals surface area contributed by atoms with Crippen LogP contribution in [0.25, 0.3) is 11.0 Å². The van der Waals surface area contributed by atoms with Gasteiger partial charge in [-0.25, -0.2) is 4.39 Å². The largest absolute Gasteiger partial charge is 0.450 e. The lowest BCUT2D eigenvalue weighted by Gasteiger charge is -2.30. The van der Waals surface area contributed by atoms with Crippen LogP contribution in [0.15, 0.2) is 51.8 Å². The molecule has 154 valence electrons. The van der Waals surface area contributed by atoms with Crippen LogP contribution in [0.5, 0.6) is 0 Å². The van der Waals surface area contributed by atoms with Gasteiger partial charge >= 0.3 is 0 Å². The smallest absolute Gasteiger partial charge is 0.291 e. The van der Waals surface area contributed by atoms with Gasteiger partial charge in [0.15, 0.2) is 5.43 Å². The molecule has 2 aromatic heterocycles. The van der Waals surface area contributed by atoms with Gasteiger partial charge in [0.2, 0.25) is 5.76 Å². The Morgan fingerprint density at radius 3 is 2.70 bits per heavy atom. The summed E-state index contributed by atoms with van der Waals surface area (Å²) in [6.07, 6.45) is 1.63. The minimum Gasteiger partial charge on any atom is -0.450 e. The zero-order valence-corrected chi connectivity index (χ0v) is 16.2. The highest BCUT2D eigenvalue weighted by Gasteiger charge is 2.43. The van der Waals surface area contributed by atoms with Crippen molar-refractivity contribution in [3.63, 3.8) is 0 Å². The van der Waals surface area contributed by atoms with Crippen LogP contribution in [0.3, 0.4) is 0 Å². The minimum atomic E-state index is -0.668. The molecule has 4 heterocycles. The topological polar surface area (TPSA) is 75.9 Å². The fourth-order valence-electron chi connectivity index (χ4n) is 4.14. The molecule has 30 heavy (non-hydrogen) atoms. The first kappa shape index (κ1) is 18.9. The Hall–Kier alpha value is -3.10. The van der Waals surface area contributed by atoms with E-state index in [1.807, 2.05) is 6.07 Å². The molecule has 0 aliphatic carbocycles. The van der Waals surface area contributed by atoms with Crippen LogP contribution in [0.1, 0.15) is 27.9 Å². The number of halogens is 1.